The van der Waals surface area contributed by atoms with Gasteiger partial charge in [0.2, 0.25) is 5.91 Å². The van der Waals surface area contributed by atoms with Crippen LogP contribution >= 0.6 is 27.0 Å². The molecule has 1 rings (SSSR count). The van der Waals surface area contributed by atoms with Crippen molar-refractivity contribution in [3.05, 3.63) is 0 Å². The lowest BCUT2D eigenvalue weighted by molar-refractivity contribution is -0.148. The van der Waals surface area contributed by atoms with E-state index >= 15 is 0 Å². The quantitative estimate of drug-likeness (QED) is 0.540. The van der Waals surface area contributed by atoms with E-state index in [2.05, 4.69) is 0 Å². The molecule has 10 heteroatoms. The molecule has 1 aliphatic rings. The Morgan fingerprint density at radius 1 is 1.21 bits per heavy atom. The molecular formula is C14H26N2O6S2. The Labute approximate surface area is 154 Å². The molecule has 24 heavy (non-hydrogen) atoms. The summed E-state index contributed by atoms with van der Waals surface area (Å²) >= 11 is 0. The molecule has 140 valence electrons. The summed E-state index contributed by atoms with van der Waals surface area (Å²) in [4.78, 5) is 47.5. The minimum absolute atomic E-state index is 0. The lowest BCUT2D eigenvalue weighted by atomic mass is 9.85. The van der Waals surface area contributed by atoms with Gasteiger partial charge in [0.15, 0.2) is 5.78 Å². The minimum atomic E-state index is -1.20. The van der Waals surface area contributed by atoms with E-state index in [0.29, 0.717) is 19.4 Å². The molecule has 1 saturated heterocycles. The van der Waals surface area contributed by atoms with Crippen LogP contribution in [0.25, 0.3) is 0 Å². The zero-order valence-electron chi connectivity index (χ0n) is 13.6. The predicted molar refractivity (Wildman–Crippen MR) is 96.8 cm³/mol. The number of carbonyl (C=O) groups excluding carboxylic acids is 2. The first-order chi connectivity index (χ1) is 10.2. The van der Waals surface area contributed by atoms with Gasteiger partial charge in [-0.1, -0.05) is 0 Å². The number of hydrogen-bond donors (Lipinski definition) is 3. The van der Waals surface area contributed by atoms with Crippen molar-refractivity contribution in [2.24, 2.45) is 11.7 Å². The van der Waals surface area contributed by atoms with Gasteiger partial charge in [-0.05, 0) is 26.2 Å². The van der Waals surface area contributed by atoms with Crippen molar-refractivity contribution in [2.45, 2.75) is 44.6 Å². The van der Waals surface area contributed by atoms with E-state index in [-0.39, 0.29) is 64.5 Å². The summed E-state index contributed by atoms with van der Waals surface area (Å²) in [6, 6.07) is 0. The van der Waals surface area contributed by atoms with Gasteiger partial charge in [0.25, 0.3) is 0 Å². The molecule has 1 fully saturated rings. The van der Waals surface area contributed by atoms with Crippen LogP contribution in [-0.2, 0) is 19.2 Å². The van der Waals surface area contributed by atoms with Crippen molar-refractivity contribution in [1.29, 1.82) is 0 Å². The summed E-state index contributed by atoms with van der Waals surface area (Å²) in [5.41, 5.74) is 4.29. The molecule has 0 aromatic heterocycles. The van der Waals surface area contributed by atoms with Crippen molar-refractivity contribution >= 4 is 50.6 Å². The Balaban J connectivity index is 0. The smallest absolute Gasteiger partial charge is 0.306 e. The molecule has 4 N–H and O–H groups in total. The van der Waals surface area contributed by atoms with Gasteiger partial charge >= 0.3 is 11.9 Å². The highest BCUT2D eigenvalue weighted by Crippen LogP contribution is 2.32. The number of carboxylic acid groups (broad SMARTS) is 2. The topological polar surface area (TPSA) is 138 Å². The Morgan fingerprint density at radius 3 is 2.25 bits per heavy atom. The molecular weight excluding hydrogens is 356 g/mol. The summed E-state index contributed by atoms with van der Waals surface area (Å²) in [5.74, 6) is -4.06. The minimum Gasteiger partial charge on any atom is -0.481 e. The van der Waals surface area contributed by atoms with Gasteiger partial charge < -0.3 is 20.8 Å². The van der Waals surface area contributed by atoms with Crippen LogP contribution in [0.5, 0.6) is 0 Å². The van der Waals surface area contributed by atoms with Crippen LogP contribution in [0.1, 0.15) is 39.0 Å². The van der Waals surface area contributed by atoms with E-state index in [1.165, 1.54) is 4.90 Å². The third-order valence-corrected chi connectivity index (χ3v) is 4.21. The number of aliphatic carboxylic acids is 2. The van der Waals surface area contributed by atoms with Crippen LogP contribution in [-0.4, -0.2) is 57.4 Å². The van der Waals surface area contributed by atoms with E-state index in [0.717, 1.165) is 0 Å². The average Bonchev–Trinajstić information content (AvgIpc) is 2.85. The predicted octanol–water partition coefficient (Wildman–Crippen LogP) is 0.0766. The van der Waals surface area contributed by atoms with Gasteiger partial charge in [0.1, 0.15) is 0 Å². The molecule has 0 aromatic carbocycles. The SMILES string of the molecule is C[C@@]1(C(=O)C[C@@H](CCC(=O)O)C(=O)O)CCCN1C(=O)CN.S.S. The number of carbonyl (C=O) groups is 4. The Bertz CT molecular complexity index is 488. The molecule has 0 aliphatic carbocycles. The summed E-state index contributed by atoms with van der Waals surface area (Å²) in [7, 11) is 0. The molecule has 0 spiro atoms. The molecule has 0 saturated carbocycles. The fourth-order valence-electron chi connectivity index (χ4n) is 2.82. The first-order valence-corrected chi connectivity index (χ1v) is 7.20. The van der Waals surface area contributed by atoms with E-state index in [1.54, 1.807) is 6.92 Å². The zero-order chi connectivity index (χ0) is 16.9. The van der Waals surface area contributed by atoms with Crippen molar-refractivity contribution < 1.29 is 29.4 Å². The normalized spacial score (nSPS) is 20.5. The van der Waals surface area contributed by atoms with E-state index in [4.69, 9.17) is 15.9 Å². The van der Waals surface area contributed by atoms with Gasteiger partial charge in [-0.2, -0.15) is 27.0 Å². The highest BCUT2D eigenvalue weighted by molar-refractivity contribution is 7.59. The number of amides is 1. The molecule has 0 aromatic rings. The number of hydrogen-bond acceptors (Lipinski definition) is 5. The molecule has 0 bridgehead atoms. The third-order valence-electron chi connectivity index (χ3n) is 4.21. The summed E-state index contributed by atoms with van der Waals surface area (Å²) in [6.45, 7) is 1.83. The van der Waals surface area contributed by atoms with E-state index in [9.17, 15) is 19.2 Å². The maximum atomic E-state index is 12.5. The largest absolute Gasteiger partial charge is 0.481 e. The zero-order valence-corrected chi connectivity index (χ0v) is 15.6. The molecule has 1 heterocycles. The Hall–Kier alpha value is -1.26. The summed E-state index contributed by atoms with van der Waals surface area (Å²) in [6.07, 6.45) is 0.404. The van der Waals surface area contributed by atoms with Crippen LogP contribution < -0.4 is 5.73 Å². The van der Waals surface area contributed by atoms with Crippen molar-refractivity contribution in [2.75, 3.05) is 13.1 Å². The van der Waals surface area contributed by atoms with Crippen molar-refractivity contribution in [3.8, 4) is 0 Å². The molecule has 0 unspecified atom stereocenters. The fourth-order valence-corrected chi connectivity index (χ4v) is 2.82. The number of carboxylic acids is 2. The standard InChI is InChI=1S/C14H22N2O6.2H2S/c1-14(5-2-6-16(14)11(18)8-15)10(17)7-9(13(21)22)3-4-12(19)20;;/h9H,2-8,15H2,1H3,(H,19,20)(H,21,22);2*1H2/t9-,14+;;/m1../s1. The number of ketones is 1. The van der Waals surface area contributed by atoms with Gasteiger partial charge in [0, 0.05) is 19.4 Å². The summed E-state index contributed by atoms with van der Waals surface area (Å²) in [5, 5.41) is 17.8. The van der Waals surface area contributed by atoms with Crippen LogP contribution in [0.3, 0.4) is 0 Å². The van der Waals surface area contributed by atoms with E-state index < -0.39 is 23.4 Å². The molecule has 1 amide bonds. The average molecular weight is 383 g/mol. The monoisotopic (exact) mass is 382 g/mol. The number of Topliss-reactive ketones (excluding diaryl/α,β-unsaturated/α-hetero) is 1. The maximum Gasteiger partial charge on any atom is 0.306 e. The van der Waals surface area contributed by atoms with Crippen LogP contribution in [0, 0.1) is 5.92 Å². The lowest BCUT2D eigenvalue weighted by Crippen LogP contribution is -2.53. The Kier molecular flexibility index (Phi) is 11.0. The highest BCUT2D eigenvalue weighted by Gasteiger charge is 2.45. The second-order valence-electron chi connectivity index (χ2n) is 5.72. The number of nitrogens with zero attached hydrogens (tertiary/aromatic N) is 1. The fraction of sp³-hybridized carbons (Fsp3) is 0.714. The molecule has 8 nitrogen and oxygen atoms in total. The first-order valence-electron chi connectivity index (χ1n) is 7.20. The number of rotatable bonds is 8. The molecule has 0 radical (unpaired) electrons. The Morgan fingerprint density at radius 2 is 1.79 bits per heavy atom. The van der Waals surface area contributed by atoms with E-state index in [1.807, 2.05) is 0 Å². The van der Waals surface area contributed by atoms with Gasteiger partial charge in [-0.15, -0.1) is 0 Å². The van der Waals surface area contributed by atoms with Crippen LogP contribution in [0.4, 0.5) is 0 Å². The maximum absolute atomic E-state index is 12.5. The van der Waals surface area contributed by atoms with Crippen LogP contribution in [0.15, 0.2) is 0 Å². The molecule has 2 atom stereocenters. The summed E-state index contributed by atoms with van der Waals surface area (Å²) < 4.78 is 0. The van der Waals surface area contributed by atoms with Gasteiger partial charge in [-0.25, -0.2) is 0 Å². The second-order valence-corrected chi connectivity index (χ2v) is 5.72. The van der Waals surface area contributed by atoms with Crippen molar-refractivity contribution in [3.63, 3.8) is 0 Å². The number of nitrogens with two attached hydrogens (primary N) is 1. The van der Waals surface area contributed by atoms with Crippen LogP contribution in [0.2, 0.25) is 0 Å². The highest BCUT2D eigenvalue weighted by atomic mass is 32.1. The van der Waals surface area contributed by atoms with Gasteiger partial charge in [-0.3, -0.25) is 19.2 Å². The lowest BCUT2D eigenvalue weighted by Gasteiger charge is -2.34. The first kappa shape index (κ1) is 25.0. The second kappa shape index (κ2) is 10.6. The van der Waals surface area contributed by atoms with Gasteiger partial charge in [0.05, 0.1) is 18.0 Å². The third kappa shape index (κ3) is 5.99. The number of likely N-dealkylation sites (tertiary alicyclic amines) is 1. The molecule has 1 aliphatic heterocycles. The van der Waals surface area contributed by atoms with Crippen molar-refractivity contribution in [1.82, 2.24) is 4.90 Å².